The van der Waals surface area contributed by atoms with Crippen LogP contribution in [-0.2, 0) is 12.8 Å². The summed E-state index contributed by atoms with van der Waals surface area (Å²) in [5.41, 5.74) is 2.71. The van der Waals surface area contributed by atoms with E-state index in [-0.39, 0.29) is 17.1 Å². The average molecular weight is 290 g/mol. The Labute approximate surface area is 122 Å². The minimum Gasteiger partial charge on any atom is -0.494 e. The van der Waals surface area contributed by atoms with E-state index in [9.17, 15) is 8.78 Å². The molecule has 0 saturated heterocycles. The molecule has 0 amide bonds. The van der Waals surface area contributed by atoms with Gasteiger partial charge in [-0.25, -0.2) is 8.78 Å². The van der Waals surface area contributed by atoms with Crippen LogP contribution in [0.3, 0.4) is 0 Å². The van der Waals surface area contributed by atoms with Crippen LogP contribution >= 0.6 is 0 Å². The Morgan fingerprint density at radius 1 is 0.952 bits per heavy atom. The summed E-state index contributed by atoms with van der Waals surface area (Å²) >= 11 is 0. The minimum atomic E-state index is -0.684. The number of benzene rings is 2. The van der Waals surface area contributed by atoms with Crippen LogP contribution < -0.4 is 9.47 Å². The number of ether oxygens (including phenoxy) is 2. The third-order valence-corrected chi connectivity index (χ3v) is 3.99. The summed E-state index contributed by atoms with van der Waals surface area (Å²) in [6.07, 6.45) is 2.80. The van der Waals surface area contributed by atoms with Crippen LogP contribution in [0.25, 0.3) is 11.1 Å². The fourth-order valence-electron chi connectivity index (χ4n) is 2.98. The van der Waals surface area contributed by atoms with E-state index in [0.717, 1.165) is 30.4 Å². The van der Waals surface area contributed by atoms with Gasteiger partial charge in [-0.2, -0.15) is 0 Å². The zero-order valence-electron chi connectivity index (χ0n) is 12.0. The van der Waals surface area contributed by atoms with Crippen LogP contribution in [0.4, 0.5) is 8.78 Å². The maximum atomic E-state index is 14.6. The lowest BCUT2D eigenvalue weighted by molar-refractivity contribution is 0.360. The summed E-state index contributed by atoms with van der Waals surface area (Å²) in [6.45, 7) is 0. The van der Waals surface area contributed by atoms with E-state index in [2.05, 4.69) is 0 Å². The summed E-state index contributed by atoms with van der Waals surface area (Å²) in [4.78, 5) is 0. The number of rotatable bonds is 3. The van der Waals surface area contributed by atoms with Crippen LogP contribution in [0.15, 0.2) is 24.3 Å². The van der Waals surface area contributed by atoms with Crippen molar-refractivity contribution in [2.24, 2.45) is 0 Å². The smallest absolute Gasteiger partial charge is 0.176 e. The van der Waals surface area contributed by atoms with Gasteiger partial charge in [0.2, 0.25) is 0 Å². The largest absolute Gasteiger partial charge is 0.494 e. The lowest BCUT2D eigenvalue weighted by atomic mass is 9.95. The van der Waals surface area contributed by atoms with Crippen LogP contribution in [0.1, 0.15) is 17.5 Å². The SMILES string of the molecule is COc1cc(OC)c(F)c(-c2cccc3c2CCC3)c1F. The molecule has 110 valence electrons. The highest BCUT2D eigenvalue weighted by molar-refractivity contribution is 5.74. The molecule has 0 bridgehead atoms. The fraction of sp³-hybridized carbons (Fsp3) is 0.294. The van der Waals surface area contributed by atoms with Crippen LogP contribution in [0.5, 0.6) is 11.5 Å². The summed E-state index contributed by atoms with van der Waals surface area (Å²) in [6, 6.07) is 6.84. The van der Waals surface area contributed by atoms with Crippen molar-refractivity contribution in [2.75, 3.05) is 14.2 Å². The Morgan fingerprint density at radius 2 is 1.62 bits per heavy atom. The predicted octanol–water partition coefficient (Wildman–Crippen LogP) is 4.14. The molecule has 0 spiro atoms. The Morgan fingerprint density at radius 3 is 2.24 bits per heavy atom. The van der Waals surface area contributed by atoms with E-state index < -0.39 is 11.6 Å². The van der Waals surface area contributed by atoms with Gasteiger partial charge in [-0.1, -0.05) is 18.2 Å². The predicted molar refractivity (Wildman–Crippen MR) is 76.9 cm³/mol. The van der Waals surface area contributed by atoms with E-state index in [1.54, 1.807) is 6.07 Å². The average Bonchev–Trinajstić information content (AvgIpc) is 2.97. The number of hydrogen-bond donors (Lipinski definition) is 0. The van der Waals surface area contributed by atoms with Crippen molar-refractivity contribution in [3.63, 3.8) is 0 Å². The lowest BCUT2D eigenvalue weighted by Gasteiger charge is -2.15. The summed E-state index contributed by atoms with van der Waals surface area (Å²) in [5, 5.41) is 0. The lowest BCUT2D eigenvalue weighted by Crippen LogP contribution is -2.01. The number of methoxy groups -OCH3 is 2. The van der Waals surface area contributed by atoms with Crippen molar-refractivity contribution >= 4 is 0 Å². The van der Waals surface area contributed by atoms with E-state index >= 15 is 0 Å². The molecule has 0 N–H and O–H groups in total. The van der Waals surface area contributed by atoms with Crippen molar-refractivity contribution in [1.82, 2.24) is 0 Å². The Hall–Kier alpha value is -2.10. The third-order valence-electron chi connectivity index (χ3n) is 3.99. The van der Waals surface area contributed by atoms with Gasteiger partial charge < -0.3 is 9.47 Å². The first-order chi connectivity index (χ1) is 10.2. The standard InChI is InChI=1S/C17H16F2O2/c1-20-13-9-14(21-2)17(19)15(16(13)18)12-8-4-6-10-5-3-7-11(10)12/h4,6,8-9H,3,5,7H2,1-2H3. The Bertz CT molecular complexity index is 667. The van der Waals surface area contributed by atoms with Crippen molar-refractivity contribution in [3.8, 4) is 22.6 Å². The topological polar surface area (TPSA) is 18.5 Å². The summed E-state index contributed by atoms with van der Waals surface area (Å²) in [5.74, 6) is -1.40. The first kappa shape index (κ1) is 13.9. The molecule has 2 aromatic carbocycles. The maximum Gasteiger partial charge on any atom is 0.176 e. The van der Waals surface area contributed by atoms with E-state index in [0.29, 0.717) is 5.56 Å². The maximum absolute atomic E-state index is 14.6. The normalized spacial score (nSPS) is 13.1. The molecule has 0 fully saturated rings. The van der Waals surface area contributed by atoms with Crippen LogP contribution in [0.2, 0.25) is 0 Å². The Balaban J connectivity index is 2.30. The molecule has 21 heavy (non-hydrogen) atoms. The number of hydrogen-bond acceptors (Lipinski definition) is 2. The summed E-state index contributed by atoms with van der Waals surface area (Å²) in [7, 11) is 2.71. The van der Waals surface area contributed by atoms with Gasteiger partial charge in [0.15, 0.2) is 23.1 Å². The number of halogens is 2. The number of fused-ring (bicyclic) bond motifs is 1. The quantitative estimate of drug-likeness (QED) is 0.846. The highest BCUT2D eigenvalue weighted by Gasteiger charge is 2.25. The highest BCUT2D eigenvalue weighted by Crippen LogP contribution is 2.41. The summed E-state index contributed by atoms with van der Waals surface area (Å²) < 4.78 is 39.2. The molecule has 0 aromatic heterocycles. The first-order valence-corrected chi connectivity index (χ1v) is 6.88. The third kappa shape index (κ3) is 2.15. The molecule has 4 heteroatoms. The minimum absolute atomic E-state index is 0.0150. The van der Waals surface area contributed by atoms with Gasteiger partial charge in [0.25, 0.3) is 0 Å². The van der Waals surface area contributed by atoms with E-state index in [1.165, 1.54) is 20.3 Å². The second-order valence-corrected chi connectivity index (χ2v) is 5.08. The van der Waals surface area contributed by atoms with Gasteiger partial charge in [0, 0.05) is 6.07 Å². The highest BCUT2D eigenvalue weighted by atomic mass is 19.1. The molecule has 0 radical (unpaired) electrons. The van der Waals surface area contributed by atoms with Crippen molar-refractivity contribution in [2.45, 2.75) is 19.3 Å². The van der Waals surface area contributed by atoms with Crippen molar-refractivity contribution in [3.05, 3.63) is 47.0 Å². The fourth-order valence-corrected chi connectivity index (χ4v) is 2.98. The monoisotopic (exact) mass is 290 g/mol. The molecule has 1 aliphatic rings. The van der Waals surface area contributed by atoms with Crippen molar-refractivity contribution in [1.29, 1.82) is 0 Å². The van der Waals surface area contributed by atoms with Gasteiger partial charge in [0.05, 0.1) is 19.8 Å². The molecule has 0 atom stereocenters. The molecule has 0 unspecified atom stereocenters. The molecule has 1 aliphatic carbocycles. The molecule has 0 aliphatic heterocycles. The first-order valence-electron chi connectivity index (χ1n) is 6.88. The van der Waals surface area contributed by atoms with Gasteiger partial charge in [0.1, 0.15) is 0 Å². The van der Waals surface area contributed by atoms with Crippen molar-refractivity contribution < 1.29 is 18.3 Å². The zero-order chi connectivity index (χ0) is 15.0. The van der Waals surface area contributed by atoms with Crippen LogP contribution in [0, 0.1) is 11.6 Å². The molecular weight excluding hydrogens is 274 g/mol. The Kier molecular flexibility index (Phi) is 3.53. The molecule has 0 saturated carbocycles. The van der Waals surface area contributed by atoms with Gasteiger partial charge in [-0.05, 0) is 36.0 Å². The molecule has 0 heterocycles. The molecular formula is C17H16F2O2. The van der Waals surface area contributed by atoms with Gasteiger partial charge >= 0.3 is 0 Å². The zero-order valence-corrected chi connectivity index (χ0v) is 12.0. The number of aryl methyl sites for hydroxylation is 1. The molecule has 2 nitrogen and oxygen atoms in total. The molecule has 2 aromatic rings. The second-order valence-electron chi connectivity index (χ2n) is 5.08. The van der Waals surface area contributed by atoms with E-state index in [4.69, 9.17) is 9.47 Å². The van der Waals surface area contributed by atoms with E-state index in [1.807, 2.05) is 12.1 Å². The second kappa shape index (κ2) is 5.35. The molecule has 3 rings (SSSR count). The van der Waals surface area contributed by atoms with Crippen LogP contribution in [-0.4, -0.2) is 14.2 Å². The van der Waals surface area contributed by atoms with Gasteiger partial charge in [-0.3, -0.25) is 0 Å². The van der Waals surface area contributed by atoms with Gasteiger partial charge in [-0.15, -0.1) is 0 Å².